The molecule has 1 saturated carbocycles. The molecular weight excluding hydrogens is 747 g/mol. The van der Waals surface area contributed by atoms with E-state index in [0.717, 1.165) is 69.0 Å². The topological polar surface area (TPSA) is 56.4 Å². The second kappa shape index (κ2) is 15.5. The first-order valence-corrected chi connectivity index (χ1v) is 24.9. The summed E-state index contributed by atoms with van der Waals surface area (Å²) >= 11 is 0. The van der Waals surface area contributed by atoms with Crippen molar-refractivity contribution in [2.45, 2.75) is 154 Å². The zero-order valence-electron chi connectivity index (χ0n) is 37.1. The van der Waals surface area contributed by atoms with Gasteiger partial charge < -0.3 is 19.9 Å². The minimum atomic E-state index is 0.169. The van der Waals surface area contributed by atoms with E-state index in [1.165, 1.54) is 74.1 Å². The molecule has 1 aromatic carbocycles. The summed E-state index contributed by atoms with van der Waals surface area (Å²) in [4.78, 5) is 5.79. The number of ether oxygens (including phenoxy) is 1. The minimum absolute atomic E-state index is 0.169. The molecule has 1 aromatic rings. The van der Waals surface area contributed by atoms with Gasteiger partial charge in [0.1, 0.15) is 11.9 Å². The molecule has 11 aliphatic rings. The maximum absolute atomic E-state index is 6.85. The van der Waals surface area contributed by atoms with E-state index in [9.17, 15) is 0 Å². The summed E-state index contributed by atoms with van der Waals surface area (Å²) < 4.78 is 6.85. The number of hydrogen-bond acceptors (Lipinski definition) is 5. The quantitative estimate of drug-likeness (QED) is 0.259. The number of para-hydroxylation sites is 2. The largest absolute Gasteiger partial charge is 0.458 e. The third-order valence-electron chi connectivity index (χ3n) is 17.8. The van der Waals surface area contributed by atoms with E-state index in [1.54, 1.807) is 28.1 Å². The van der Waals surface area contributed by atoms with Crippen molar-refractivity contribution < 1.29 is 10.1 Å². The molecule has 2 fully saturated rings. The molecule has 0 amide bonds. The summed E-state index contributed by atoms with van der Waals surface area (Å²) in [5.74, 6) is 5.91. The van der Waals surface area contributed by atoms with E-state index in [2.05, 4.69) is 132 Å². The van der Waals surface area contributed by atoms with Crippen LogP contribution >= 0.6 is 0 Å². The maximum atomic E-state index is 6.85. The van der Waals surface area contributed by atoms with Gasteiger partial charge >= 0.3 is 0 Å². The molecule has 6 heteroatoms. The molecule has 11 atom stereocenters. The number of quaternary nitrogens is 1. The highest BCUT2D eigenvalue weighted by atomic mass is 16.5. The van der Waals surface area contributed by atoms with Gasteiger partial charge in [-0.1, -0.05) is 97.9 Å². The standard InChI is InChI=1S/C55H69N5O/c1-34-32-40(54-57-52(35-18-5-4-6-19-35)56-53(58-54)39-23-17-25-42-51(39)38-22-7-10-24-41(38)55(42,2)3)48(60-45-28-13-15-30-49(45)61-50-31-16-14-29-46(50)60)33-47(34)59-43-26-11-8-20-36(43)37-21-9-12-27-44(37)59/h5,7-10,13,15,18-21,25,28,30,36,38-41,43,48,51-54,56-58H,4,6,11-12,14,16-17,22-24,26-27,29,31-33H2,1-3H3/p+1. The molecule has 0 bridgehead atoms. The van der Waals surface area contributed by atoms with Gasteiger partial charge in [-0.15, -0.1) is 0 Å². The Morgan fingerprint density at radius 2 is 1.62 bits per heavy atom. The Morgan fingerprint density at radius 1 is 0.738 bits per heavy atom. The van der Waals surface area contributed by atoms with Crippen molar-refractivity contribution in [2.24, 2.45) is 40.9 Å². The summed E-state index contributed by atoms with van der Waals surface area (Å²) in [5.41, 5.74) is 12.7. The molecule has 4 N–H and O–H groups in total. The molecule has 6 nitrogen and oxygen atoms in total. The zero-order chi connectivity index (χ0) is 40.8. The summed E-state index contributed by atoms with van der Waals surface area (Å²) in [6.07, 6.45) is 44.6. The minimum Gasteiger partial charge on any atom is -0.458 e. The number of anilines is 1. The molecule has 0 radical (unpaired) electrons. The van der Waals surface area contributed by atoms with Gasteiger partial charge in [0.05, 0.1) is 17.6 Å². The van der Waals surface area contributed by atoms with Crippen molar-refractivity contribution in [1.29, 1.82) is 0 Å². The lowest BCUT2D eigenvalue weighted by Gasteiger charge is -2.52. The molecular formula is C55H70N5O+. The Kier molecular flexibility index (Phi) is 9.83. The van der Waals surface area contributed by atoms with E-state index in [1.807, 2.05) is 0 Å². The van der Waals surface area contributed by atoms with E-state index >= 15 is 0 Å². The van der Waals surface area contributed by atoms with Crippen molar-refractivity contribution in [3.63, 3.8) is 0 Å². The van der Waals surface area contributed by atoms with Crippen LogP contribution in [0, 0.1) is 40.9 Å². The number of nitrogens with zero attached hydrogens (tertiary/aromatic N) is 2. The molecule has 8 aliphatic carbocycles. The predicted molar refractivity (Wildman–Crippen MR) is 247 cm³/mol. The van der Waals surface area contributed by atoms with Gasteiger partial charge in [0.15, 0.2) is 11.9 Å². The molecule has 12 rings (SSSR count). The van der Waals surface area contributed by atoms with Gasteiger partial charge in [0.25, 0.3) is 0 Å². The number of allylic oxidation sites excluding steroid dienone is 13. The van der Waals surface area contributed by atoms with Crippen LogP contribution in [0.1, 0.15) is 124 Å². The molecule has 3 heterocycles. The molecule has 11 unspecified atom stereocenters. The average molecular weight is 817 g/mol. The molecule has 320 valence electrons. The van der Waals surface area contributed by atoms with Crippen LogP contribution in [0.25, 0.3) is 0 Å². The van der Waals surface area contributed by atoms with Crippen LogP contribution in [0.15, 0.2) is 130 Å². The van der Waals surface area contributed by atoms with E-state index < -0.39 is 0 Å². The van der Waals surface area contributed by atoms with Gasteiger partial charge in [-0.05, 0) is 138 Å². The van der Waals surface area contributed by atoms with E-state index in [-0.39, 0.29) is 23.8 Å². The lowest BCUT2D eigenvalue weighted by atomic mass is 9.70. The van der Waals surface area contributed by atoms with Crippen molar-refractivity contribution in [3.8, 4) is 5.75 Å². The SMILES string of the molecule is CC1=C(N2C3=C(C=CCC3)C3C=CCCC32)CC(N2C3=C(CCCC3)Oc3ccccc32)C(C2NC(C3=CCCC=C3)[NH2+]C(C3CCC=C4C3C3CC=CCC3C4(C)C)N2)C1. The third kappa shape index (κ3) is 6.34. The highest BCUT2D eigenvalue weighted by Crippen LogP contribution is 2.62. The summed E-state index contributed by atoms with van der Waals surface area (Å²) in [6.45, 7) is 7.69. The van der Waals surface area contributed by atoms with Crippen LogP contribution in [-0.2, 0) is 0 Å². The molecule has 3 aliphatic heterocycles. The first-order chi connectivity index (χ1) is 29.9. The summed E-state index contributed by atoms with van der Waals surface area (Å²) in [6, 6.07) is 9.84. The Labute approximate surface area is 365 Å². The van der Waals surface area contributed by atoms with Crippen LogP contribution in [-0.4, -0.2) is 35.5 Å². The van der Waals surface area contributed by atoms with Crippen molar-refractivity contribution in [2.75, 3.05) is 4.90 Å². The van der Waals surface area contributed by atoms with Gasteiger partial charge in [-0.2, -0.15) is 0 Å². The Hall–Kier alpha value is -3.84. The highest BCUT2D eigenvalue weighted by molar-refractivity contribution is 5.67. The second-order valence-corrected chi connectivity index (χ2v) is 21.2. The molecule has 0 aromatic heterocycles. The highest BCUT2D eigenvalue weighted by Gasteiger charge is 2.58. The van der Waals surface area contributed by atoms with Gasteiger partial charge in [0, 0.05) is 59.6 Å². The van der Waals surface area contributed by atoms with Crippen molar-refractivity contribution in [1.82, 2.24) is 15.5 Å². The average Bonchev–Trinajstić information content (AvgIpc) is 3.76. The number of nitrogens with one attached hydrogen (secondary N) is 2. The van der Waals surface area contributed by atoms with Crippen LogP contribution in [0.4, 0.5) is 5.69 Å². The van der Waals surface area contributed by atoms with Crippen LogP contribution in [0.2, 0.25) is 0 Å². The molecule has 0 spiro atoms. The zero-order valence-corrected chi connectivity index (χ0v) is 37.1. The smallest absolute Gasteiger partial charge is 0.168 e. The number of nitrogens with two attached hydrogens (primary N) is 1. The molecule has 1 saturated heterocycles. The predicted octanol–water partition coefficient (Wildman–Crippen LogP) is 10.6. The summed E-state index contributed by atoms with van der Waals surface area (Å²) in [7, 11) is 0. The Bertz CT molecular complexity index is 2230. The van der Waals surface area contributed by atoms with Crippen molar-refractivity contribution in [3.05, 3.63) is 130 Å². The fourth-order valence-electron chi connectivity index (χ4n) is 15.1. The van der Waals surface area contributed by atoms with Gasteiger partial charge in [-0.3, -0.25) is 5.32 Å². The first-order valence-electron chi connectivity index (χ1n) is 24.9. The Morgan fingerprint density at radius 3 is 2.54 bits per heavy atom. The van der Waals surface area contributed by atoms with E-state index in [4.69, 9.17) is 4.74 Å². The van der Waals surface area contributed by atoms with E-state index in [0.29, 0.717) is 35.9 Å². The van der Waals surface area contributed by atoms with Crippen molar-refractivity contribution >= 4 is 5.69 Å². The summed E-state index contributed by atoms with van der Waals surface area (Å²) in [5, 5.41) is 11.7. The van der Waals surface area contributed by atoms with Gasteiger partial charge in [-0.25, -0.2) is 5.32 Å². The maximum Gasteiger partial charge on any atom is 0.168 e. The fraction of sp³-hybridized carbons (Fsp3) is 0.564. The number of rotatable bonds is 5. The molecule has 61 heavy (non-hydrogen) atoms. The third-order valence-corrected chi connectivity index (χ3v) is 17.8. The van der Waals surface area contributed by atoms with Crippen LogP contribution < -0.4 is 25.6 Å². The van der Waals surface area contributed by atoms with Crippen LogP contribution in [0.5, 0.6) is 5.75 Å². The van der Waals surface area contributed by atoms with Crippen LogP contribution in [0.3, 0.4) is 0 Å². The lowest BCUT2D eigenvalue weighted by Crippen LogP contribution is -3.06. The van der Waals surface area contributed by atoms with Gasteiger partial charge in [0.2, 0.25) is 0 Å². The number of fused-ring (bicyclic) bond motifs is 6. The lowest BCUT2D eigenvalue weighted by molar-refractivity contribution is -0.741. The first kappa shape index (κ1) is 38.8. The number of benzene rings is 1. The Balaban J connectivity index is 0.971. The fourth-order valence-corrected chi connectivity index (χ4v) is 15.1. The second-order valence-electron chi connectivity index (χ2n) is 21.2. The number of hydrogen-bond donors (Lipinski definition) is 3. The normalized spacial score (nSPS) is 38.6. The monoisotopic (exact) mass is 817 g/mol.